The number of methoxy groups -OCH3 is 1. The van der Waals surface area contributed by atoms with Crippen LogP contribution in [0.4, 0.5) is 0 Å². The monoisotopic (exact) mass is 284 g/mol. The molecule has 0 heterocycles. The highest BCUT2D eigenvalue weighted by atomic mass is 16.5. The van der Waals surface area contributed by atoms with Gasteiger partial charge in [-0.25, -0.2) is 0 Å². The number of hydrogen-bond acceptors (Lipinski definition) is 3. The molecule has 0 aromatic heterocycles. The van der Waals surface area contributed by atoms with Crippen LogP contribution in [0, 0.1) is 11.8 Å². The largest absolute Gasteiger partial charge is 0.383 e. The SMILES string of the molecule is CCNC1CCC(CC)CC1CN(CCOC)C(C)C. The van der Waals surface area contributed by atoms with Crippen molar-refractivity contribution >= 4 is 0 Å². The molecule has 0 aromatic rings. The molecule has 1 N–H and O–H groups in total. The molecule has 20 heavy (non-hydrogen) atoms. The van der Waals surface area contributed by atoms with E-state index in [9.17, 15) is 0 Å². The molecule has 0 aromatic carbocycles. The highest BCUT2D eigenvalue weighted by Gasteiger charge is 2.30. The summed E-state index contributed by atoms with van der Waals surface area (Å²) >= 11 is 0. The summed E-state index contributed by atoms with van der Waals surface area (Å²) in [5, 5.41) is 3.72. The van der Waals surface area contributed by atoms with Crippen LogP contribution < -0.4 is 5.32 Å². The van der Waals surface area contributed by atoms with Crippen molar-refractivity contribution in [2.45, 2.75) is 65.5 Å². The first kappa shape index (κ1) is 17.9. The molecule has 3 unspecified atom stereocenters. The fraction of sp³-hybridized carbons (Fsp3) is 1.00. The van der Waals surface area contributed by atoms with E-state index in [-0.39, 0.29) is 0 Å². The molecule has 3 nitrogen and oxygen atoms in total. The lowest BCUT2D eigenvalue weighted by molar-refractivity contribution is 0.0882. The Kier molecular flexibility index (Phi) is 8.74. The van der Waals surface area contributed by atoms with Gasteiger partial charge in [0.2, 0.25) is 0 Å². The Balaban J connectivity index is 2.60. The van der Waals surface area contributed by atoms with Crippen molar-refractivity contribution in [3.05, 3.63) is 0 Å². The number of nitrogens with zero attached hydrogens (tertiary/aromatic N) is 1. The molecule has 0 bridgehead atoms. The highest BCUT2D eigenvalue weighted by molar-refractivity contribution is 4.86. The maximum absolute atomic E-state index is 5.27. The zero-order valence-corrected chi connectivity index (χ0v) is 14.3. The van der Waals surface area contributed by atoms with Crippen LogP contribution in [0.25, 0.3) is 0 Å². The Labute approximate surface area is 126 Å². The molecular formula is C17H36N2O. The van der Waals surface area contributed by atoms with Crippen LogP contribution in [-0.4, -0.2) is 50.3 Å². The summed E-state index contributed by atoms with van der Waals surface area (Å²) in [6.45, 7) is 13.4. The van der Waals surface area contributed by atoms with Gasteiger partial charge in [-0.05, 0) is 51.5 Å². The molecule has 1 rings (SSSR count). The van der Waals surface area contributed by atoms with E-state index >= 15 is 0 Å². The Morgan fingerprint density at radius 3 is 2.55 bits per heavy atom. The average Bonchev–Trinajstić information content (AvgIpc) is 2.44. The fourth-order valence-electron chi connectivity index (χ4n) is 3.53. The third-order valence-corrected chi connectivity index (χ3v) is 4.92. The van der Waals surface area contributed by atoms with Crippen molar-refractivity contribution in [2.24, 2.45) is 11.8 Å². The summed E-state index contributed by atoms with van der Waals surface area (Å²) in [7, 11) is 1.80. The molecule has 1 saturated carbocycles. The minimum absolute atomic E-state index is 0.606. The number of rotatable bonds is 9. The predicted molar refractivity (Wildman–Crippen MR) is 87.2 cm³/mol. The van der Waals surface area contributed by atoms with E-state index in [2.05, 4.69) is 37.9 Å². The molecule has 3 heteroatoms. The Bertz CT molecular complexity index is 245. The van der Waals surface area contributed by atoms with Crippen LogP contribution in [0.3, 0.4) is 0 Å². The lowest BCUT2D eigenvalue weighted by atomic mass is 9.76. The second-order valence-electron chi connectivity index (χ2n) is 6.59. The van der Waals surface area contributed by atoms with Gasteiger partial charge < -0.3 is 10.1 Å². The smallest absolute Gasteiger partial charge is 0.0589 e. The standard InChI is InChI=1S/C17H36N2O/c1-6-15-8-9-17(18-7-2)16(12-15)13-19(14(3)4)10-11-20-5/h14-18H,6-13H2,1-5H3. The predicted octanol–water partition coefficient (Wildman–Crippen LogP) is 3.15. The number of ether oxygens (including phenoxy) is 1. The van der Waals surface area contributed by atoms with E-state index < -0.39 is 0 Å². The maximum Gasteiger partial charge on any atom is 0.0589 e. The molecule has 0 spiro atoms. The van der Waals surface area contributed by atoms with Crippen LogP contribution in [-0.2, 0) is 4.74 Å². The summed E-state index contributed by atoms with van der Waals surface area (Å²) in [5.41, 5.74) is 0. The molecule has 120 valence electrons. The summed E-state index contributed by atoms with van der Waals surface area (Å²) in [6.07, 6.45) is 5.50. The van der Waals surface area contributed by atoms with Crippen LogP contribution in [0.15, 0.2) is 0 Å². The molecule has 0 saturated heterocycles. The van der Waals surface area contributed by atoms with Gasteiger partial charge in [-0.1, -0.05) is 20.3 Å². The highest BCUT2D eigenvalue weighted by Crippen LogP contribution is 2.32. The minimum atomic E-state index is 0.606. The first-order chi connectivity index (χ1) is 9.62. The molecule has 0 amide bonds. The van der Waals surface area contributed by atoms with Crippen molar-refractivity contribution < 1.29 is 4.74 Å². The topological polar surface area (TPSA) is 24.5 Å². The van der Waals surface area contributed by atoms with E-state index in [4.69, 9.17) is 4.74 Å². The molecule has 3 atom stereocenters. The molecule has 0 aliphatic heterocycles. The number of hydrogen-bond donors (Lipinski definition) is 1. The Hall–Kier alpha value is -0.120. The normalized spacial score (nSPS) is 27.4. The lowest BCUT2D eigenvalue weighted by Crippen LogP contribution is -2.47. The van der Waals surface area contributed by atoms with Gasteiger partial charge in [0.05, 0.1) is 6.61 Å². The van der Waals surface area contributed by atoms with Gasteiger partial charge in [-0.2, -0.15) is 0 Å². The first-order valence-corrected chi connectivity index (χ1v) is 8.58. The van der Waals surface area contributed by atoms with Crippen molar-refractivity contribution in [3.63, 3.8) is 0 Å². The second kappa shape index (κ2) is 9.75. The van der Waals surface area contributed by atoms with Crippen LogP contribution >= 0.6 is 0 Å². The van der Waals surface area contributed by atoms with E-state index in [1.165, 1.54) is 32.2 Å². The van der Waals surface area contributed by atoms with Gasteiger partial charge >= 0.3 is 0 Å². The third kappa shape index (κ3) is 5.71. The maximum atomic E-state index is 5.27. The molecule has 0 radical (unpaired) electrons. The summed E-state index contributed by atoms with van der Waals surface area (Å²) in [5.74, 6) is 1.74. The summed E-state index contributed by atoms with van der Waals surface area (Å²) in [4.78, 5) is 2.59. The zero-order chi connectivity index (χ0) is 15.0. The van der Waals surface area contributed by atoms with Crippen LogP contribution in [0.2, 0.25) is 0 Å². The molecule has 1 fully saturated rings. The molecule has 1 aliphatic rings. The summed E-state index contributed by atoms with van der Waals surface area (Å²) in [6, 6.07) is 1.32. The van der Waals surface area contributed by atoms with Gasteiger partial charge in [0.15, 0.2) is 0 Å². The van der Waals surface area contributed by atoms with Crippen molar-refractivity contribution in [2.75, 3.05) is 33.4 Å². The van der Waals surface area contributed by atoms with E-state index in [0.717, 1.165) is 31.5 Å². The Morgan fingerprint density at radius 2 is 2.00 bits per heavy atom. The van der Waals surface area contributed by atoms with Crippen LogP contribution in [0.1, 0.15) is 53.4 Å². The number of nitrogens with one attached hydrogen (secondary N) is 1. The quantitative estimate of drug-likeness (QED) is 0.704. The lowest BCUT2D eigenvalue weighted by Gasteiger charge is -2.40. The van der Waals surface area contributed by atoms with Gasteiger partial charge in [0.25, 0.3) is 0 Å². The average molecular weight is 284 g/mol. The van der Waals surface area contributed by atoms with E-state index in [1.54, 1.807) is 7.11 Å². The summed E-state index contributed by atoms with van der Waals surface area (Å²) < 4.78 is 5.27. The van der Waals surface area contributed by atoms with E-state index in [1.807, 2.05) is 0 Å². The third-order valence-electron chi connectivity index (χ3n) is 4.92. The zero-order valence-electron chi connectivity index (χ0n) is 14.3. The first-order valence-electron chi connectivity index (χ1n) is 8.58. The van der Waals surface area contributed by atoms with Crippen LogP contribution in [0.5, 0.6) is 0 Å². The molecule has 1 aliphatic carbocycles. The molecular weight excluding hydrogens is 248 g/mol. The van der Waals surface area contributed by atoms with E-state index in [0.29, 0.717) is 12.1 Å². The minimum Gasteiger partial charge on any atom is -0.383 e. The Morgan fingerprint density at radius 1 is 1.25 bits per heavy atom. The second-order valence-corrected chi connectivity index (χ2v) is 6.59. The van der Waals surface area contributed by atoms with Gasteiger partial charge in [0.1, 0.15) is 0 Å². The fourth-order valence-corrected chi connectivity index (χ4v) is 3.53. The van der Waals surface area contributed by atoms with Gasteiger partial charge in [-0.3, -0.25) is 4.90 Å². The van der Waals surface area contributed by atoms with Crippen molar-refractivity contribution in [1.29, 1.82) is 0 Å². The van der Waals surface area contributed by atoms with Gasteiger partial charge in [-0.15, -0.1) is 0 Å². The van der Waals surface area contributed by atoms with Crippen molar-refractivity contribution in [1.82, 2.24) is 10.2 Å². The van der Waals surface area contributed by atoms with Crippen molar-refractivity contribution in [3.8, 4) is 0 Å². The van der Waals surface area contributed by atoms with Gasteiger partial charge in [0, 0.05) is 32.3 Å².